The quantitative estimate of drug-likeness (QED) is 0.0468. The second-order valence-corrected chi connectivity index (χ2v) is 12.9. The van der Waals surface area contributed by atoms with Gasteiger partial charge in [-0.25, -0.2) is 0 Å². The van der Waals surface area contributed by atoms with E-state index in [1.807, 2.05) is 18.2 Å². The zero-order chi connectivity index (χ0) is 35.1. The first-order valence-corrected chi connectivity index (χ1v) is 19.6. The first-order chi connectivity index (χ1) is 24.9. The summed E-state index contributed by atoms with van der Waals surface area (Å²) in [6, 6.07) is 31.2. The number of ether oxygens (including phenoxy) is 6. The van der Waals surface area contributed by atoms with Crippen LogP contribution in [0, 0.1) is 0 Å². The Morgan fingerprint density at radius 2 is 0.600 bits per heavy atom. The van der Waals surface area contributed by atoms with Gasteiger partial charge in [-0.05, 0) is 23.1 Å². The summed E-state index contributed by atoms with van der Waals surface area (Å²) >= 11 is 0. The summed E-state index contributed by atoms with van der Waals surface area (Å²) < 4.78 is 35.2. The van der Waals surface area contributed by atoms with Gasteiger partial charge in [0.25, 0.3) is 0 Å². The number of benzene rings is 3. The number of unbranched alkanes of at least 4 members (excludes halogenated alkanes) is 12. The minimum atomic E-state index is -0.733. The molecule has 0 N–H and O–H groups in total. The molecule has 0 spiro atoms. The number of rotatable bonds is 33. The van der Waals surface area contributed by atoms with Gasteiger partial charge < -0.3 is 28.4 Å². The molecule has 50 heavy (non-hydrogen) atoms. The molecule has 0 atom stereocenters. The fourth-order valence-corrected chi connectivity index (χ4v) is 6.23. The zero-order valence-corrected chi connectivity index (χ0v) is 31.1. The molecule has 0 saturated heterocycles. The van der Waals surface area contributed by atoms with Crippen LogP contribution in [0.2, 0.25) is 0 Å². The van der Waals surface area contributed by atoms with Gasteiger partial charge in [-0.1, -0.05) is 175 Å². The molecule has 3 aromatic rings. The molecule has 0 aliphatic heterocycles. The maximum absolute atomic E-state index is 6.74. The Kier molecular flexibility index (Phi) is 24.3. The minimum absolute atomic E-state index is 0.437. The normalized spacial score (nSPS) is 11.7. The highest BCUT2D eigenvalue weighted by Gasteiger charge is 2.37. The molecule has 0 radical (unpaired) electrons. The Bertz CT molecular complexity index is 1050. The lowest BCUT2D eigenvalue weighted by Gasteiger charge is -2.36. The lowest BCUT2D eigenvalue weighted by Crippen LogP contribution is -2.34. The van der Waals surface area contributed by atoms with Crippen molar-refractivity contribution in [1.82, 2.24) is 0 Å². The van der Waals surface area contributed by atoms with Crippen molar-refractivity contribution < 1.29 is 28.4 Å². The van der Waals surface area contributed by atoms with Gasteiger partial charge in [0.15, 0.2) is 0 Å². The molecule has 3 aromatic carbocycles. The summed E-state index contributed by atoms with van der Waals surface area (Å²) in [5.74, 6) is 0. The van der Waals surface area contributed by atoms with Crippen LogP contribution in [0.25, 0.3) is 0 Å². The van der Waals surface area contributed by atoms with Crippen LogP contribution in [-0.4, -0.2) is 72.7 Å². The van der Waals surface area contributed by atoms with Crippen molar-refractivity contribution in [3.63, 3.8) is 0 Å². The van der Waals surface area contributed by atoms with Gasteiger partial charge in [0.05, 0.1) is 66.1 Å². The van der Waals surface area contributed by atoms with Crippen LogP contribution in [0.15, 0.2) is 91.0 Å². The van der Waals surface area contributed by atoms with Crippen LogP contribution in [-0.2, 0) is 34.0 Å². The molecule has 0 fully saturated rings. The molecule has 0 amide bonds. The van der Waals surface area contributed by atoms with Crippen molar-refractivity contribution in [2.75, 3.05) is 72.7 Å². The maximum Gasteiger partial charge on any atom is 0.143 e. The summed E-state index contributed by atoms with van der Waals surface area (Å²) in [6.07, 6.45) is 17.8. The molecule has 0 aromatic heterocycles. The predicted octanol–water partition coefficient (Wildman–Crippen LogP) is 10.2. The molecule has 0 heterocycles. The molecule has 0 aliphatic carbocycles. The third kappa shape index (κ3) is 17.6. The van der Waals surface area contributed by atoms with Crippen molar-refractivity contribution >= 4 is 0 Å². The summed E-state index contributed by atoms with van der Waals surface area (Å²) in [7, 11) is 0. The van der Waals surface area contributed by atoms with Crippen molar-refractivity contribution in [2.45, 2.75) is 96.0 Å². The third-order valence-electron chi connectivity index (χ3n) is 8.97. The molecule has 278 valence electrons. The van der Waals surface area contributed by atoms with Gasteiger partial charge in [0.2, 0.25) is 0 Å². The van der Waals surface area contributed by atoms with Gasteiger partial charge in [-0.15, -0.1) is 0 Å². The van der Waals surface area contributed by atoms with E-state index >= 15 is 0 Å². The average molecular weight is 691 g/mol. The van der Waals surface area contributed by atoms with Crippen LogP contribution >= 0.6 is 0 Å². The highest BCUT2D eigenvalue weighted by atomic mass is 16.6. The topological polar surface area (TPSA) is 55.4 Å². The van der Waals surface area contributed by atoms with E-state index in [1.165, 1.54) is 77.0 Å². The van der Waals surface area contributed by atoms with Gasteiger partial charge in [-0.2, -0.15) is 0 Å². The molecular weight excluding hydrogens is 624 g/mol. The molecule has 6 nitrogen and oxygen atoms in total. The molecule has 0 aliphatic rings. The molecule has 0 bridgehead atoms. The third-order valence-corrected chi connectivity index (χ3v) is 8.97. The first-order valence-electron chi connectivity index (χ1n) is 19.6. The molecular formula is C44H66O6. The highest BCUT2D eigenvalue weighted by molar-refractivity contribution is 5.47. The Balaban J connectivity index is 1.11. The van der Waals surface area contributed by atoms with Crippen molar-refractivity contribution in [2.24, 2.45) is 0 Å². The SMILES string of the molecule is CCCCCCCCCCCCCCCOCCOCCOCCOCCOCCOC(c1ccccc1)(c1ccccc1)c1ccccc1. The van der Waals surface area contributed by atoms with Crippen LogP contribution in [0.3, 0.4) is 0 Å². The fraction of sp³-hybridized carbons (Fsp3) is 0.591. The Morgan fingerprint density at radius 1 is 0.320 bits per heavy atom. The summed E-state index contributed by atoms with van der Waals surface area (Å²) in [5.41, 5.74) is 2.52. The van der Waals surface area contributed by atoms with Gasteiger partial charge in [0, 0.05) is 6.61 Å². The Hall–Kier alpha value is -2.58. The second kappa shape index (κ2) is 29.0. The van der Waals surface area contributed by atoms with Crippen LogP contribution in [0.5, 0.6) is 0 Å². The van der Waals surface area contributed by atoms with E-state index in [1.54, 1.807) is 0 Å². The minimum Gasteiger partial charge on any atom is -0.379 e. The van der Waals surface area contributed by atoms with Gasteiger partial charge in [-0.3, -0.25) is 0 Å². The lowest BCUT2D eigenvalue weighted by atomic mass is 9.80. The zero-order valence-electron chi connectivity index (χ0n) is 31.1. The molecule has 6 heteroatoms. The van der Waals surface area contributed by atoms with E-state index in [0.29, 0.717) is 66.1 Å². The van der Waals surface area contributed by atoms with Crippen LogP contribution in [0.4, 0.5) is 0 Å². The van der Waals surface area contributed by atoms with E-state index in [-0.39, 0.29) is 0 Å². The van der Waals surface area contributed by atoms with E-state index < -0.39 is 5.60 Å². The Labute approximate surface area is 304 Å². The van der Waals surface area contributed by atoms with Gasteiger partial charge in [0.1, 0.15) is 5.60 Å². The van der Waals surface area contributed by atoms with Gasteiger partial charge >= 0.3 is 0 Å². The van der Waals surface area contributed by atoms with Crippen molar-refractivity contribution in [1.29, 1.82) is 0 Å². The smallest absolute Gasteiger partial charge is 0.143 e. The predicted molar refractivity (Wildman–Crippen MR) is 205 cm³/mol. The first kappa shape index (κ1) is 41.8. The molecule has 3 rings (SSSR count). The average Bonchev–Trinajstić information content (AvgIpc) is 3.17. The highest BCUT2D eigenvalue weighted by Crippen LogP contribution is 2.40. The van der Waals surface area contributed by atoms with Crippen molar-refractivity contribution in [3.05, 3.63) is 108 Å². The maximum atomic E-state index is 6.74. The molecule has 0 unspecified atom stereocenters. The van der Waals surface area contributed by atoms with Crippen LogP contribution < -0.4 is 0 Å². The van der Waals surface area contributed by atoms with E-state index in [0.717, 1.165) is 29.7 Å². The fourth-order valence-electron chi connectivity index (χ4n) is 6.23. The lowest BCUT2D eigenvalue weighted by molar-refractivity contribution is -0.0391. The van der Waals surface area contributed by atoms with E-state index in [9.17, 15) is 0 Å². The van der Waals surface area contributed by atoms with E-state index in [2.05, 4.69) is 79.7 Å². The van der Waals surface area contributed by atoms with Crippen LogP contribution in [0.1, 0.15) is 107 Å². The molecule has 0 saturated carbocycles. The summed E-state index contributed by atoms with van der Waals surface area (Å²) in [5, 5.41) is 0. The Morgan fingerprint density at radius 3 is 0.940 bits per heavy atom. The largest absolute Gasteiger partial charge is 0.379 e. The number of hydrogen-bond donors (Lipinski definition) is 0. The van der Waals surface area contributed by atoms with Crippen molar-refractivity contribution in [3.8, 4) is 0 Å². The monoisotopic (exact) mass is 690 g/mol. The van der Waals surface area contributed by atoms with E-state index in [4.69, 9.17) is 28.4 Å². The summed E-state index contributed by atoms with van der Waals surface area (Å²) in [4.78, 5) is 0. The standard InChI is InChI=1S/C44H66O6/c1-2-3-4-5-6-7-8-9-10-11-12-13-23-30-45-31-32-46-33-34-47-35-36-48-37-38-49-39-40-50-44(41-24-17-14-18-25-41,42-26-19-15-20-27-42)43-28-21-16-22-29-43/h14-22,24-29H,2-13,23,30-40H2,1H3. The second-order valence-electron chi connectivity index (χ2n) is 12.9. The summed E-state index contributed by atoms with van der Waals surface area (Å²) in [6.45, 7) is 8.49. The number of hydrogen-bond acceptors (Lipinski definition) is 6.